The van der Waals surface area contributed by atoms with Crippen LogP contribution in [0, 0.1) is 17.3 Å². The maximum atomic E-state index is 3.53. The fraction of sp³-hybridized carbons (Fsp3) is 1.00. The highest BCUT2D eigenvalue weighted by Gasteiger charge is 2.44. The molecule has 0 aromatic rings. The normalized spacial score (nSPS) is 44.8. The molecular weight excluding hydrogens is 184 g/mol. The van der Waals surface area contributed by atoms with Crippen LogP contribution >= 0.6 is 0 Å². The molecule has 2 heterocycles. The van der Waals surface area contributed by atoms with Gasteiger partial charge in [0.1, 0.15) is 0 Å². The number of nitrogens with zero attached hydrogens (tertiary/aromatic N) is 1. The molecule has 2 aliphatic heterocycles. The molecule has 0 aromatic carbocycles. The van der Waals surface area contributed by atoms with Crippen molar-refractivity contribution in [2.75, 3.05) is 26.2 Å². The molecule has 0 radical (unpaired) electrons. The fourth-order valence-electron chi connectivity index (χ4n) is 4.13. The zero-order valence-electron chi connectivity index (χ0n) is 10.1. The molecule has 86 valence electrons. The zero-order valence-corrected chi connectivity index (χ0v) is 10.1. The van der Waals surface area contributed by atoms with E-state index in [1.165, 1.54) is 45.4 Å². The Hall–Kier alpha value is -0.0800. The summed E-state index contributed by atoms with van der Waals surface area (Å²) in [5, 5.41) is 3.53. The molecular formula is C13H24N2. The second-order valence-corrected chi connectivity index (χ2v) is 6.53. The first-order valence-corrected chi connectivity index (χ1v) is 6.61. The van der Waals surface area contributed by atoms with E-state index in [9.17, 15) is 0 Å². The highest BCUT2D eigenvalue weighted by atomic mass is 15.2. The molecule has 0 bridgehead atoms. The van der Waals surface area contributed by atoms with Gasteiger partial charge in [0.25, 0.3) is 0 Å². The Morgan fingerprint density at radius 3 is 2.33 bits per heavy atom. The zero-order chi connectivity index (χ0) is 10.5. The van der Waals surface area contributed by atoms with Crippen LogP contribution < -0.4 is 5.32 Å². The summed E-state index contributed by atoms with van der Waals surface area (Å²) in [6.45, 7) is 10.2. The highest BCUT2D eigenvalue weighted by Crippen LogP contribution is 2.43. The van der Waals surface area contributed by atoms with Crippen molar-refractivity contribution in [1.29, 1.82) is 0 Å². The van der Waals surface area contributed by atoms with E-state index >= 15 is 0 Å². The predicted octanol–water partition coefficient (Wildman–Crippen LogP) is 1.72. The van der Waals surface area contributed by atoms with E-state index in [4.69, 9.17) is 0 Å². The molecule has 2 nitrogen and oxygen atoms in total. The minimum absolute atomic E-state index is 0.575. The van der Waals surface area contributed by atoms with Crippen LogP contribution in [0.4, 0.5) is 0 Å². The summed E-state index contributed by atoms with van der Waals surface area (Å²) < 4.78 is 0. The molecule has 3 unspecified atom stereocenters. The summed E-state index contributed by atoms with van der Waals surface area (Å²) in [6, 6.07) is 0.878. The second kappa shape index (κ2) is 3.46. The van der Waals surface area contributed by atoms with Crippen LogP contribution in [0.2, 0.25) is 0 Å². The van der Waals surface area contributed by atoms with E-state index in [1.54, 1.807) is 0 Å². The van der Waals surface area contributed by atoms with E-state index in [0.29, 0.717) is 5.41 Å². The average Bonchev–Trinajstić information content (AvgIpc) is 2.75. The summed E-state index contributed by atoms with van der Waals surface area (Å²) in [5.41, 5.74) is 0.575. The largest absolute Gasteiger partial charge is 0.316 e. The quantitative estimate of drug-likeness (QED) is 0.706. The van der Waals surface area contributed by atoms with Gasteiger partial charge < -0.3 is 5.32 Å². The van der Waals surface area contributed by atoms with Gasteiger partial charge in [-0.25, -0.2) is 0 Å². The Bertz CT molecular complexity index is 237. The van der Waals surface area contributed by atoms with E-state index < -0.39 is 0 Å². The molecule has 1 saturated carbocycles. The van der Waals surface area contributed by atoms with Gasteiger partial charge in [0, 0.05) is 19.1 Å². The Kier molecular flexibility index (Phi) is 2.33. The maximum Gasteiger partial charge on any atom is 0.0147 e. The van der Waals surface area contributed by atoms with Gasteiger partial charge in [-0.2, -0.15) is 0 Å². The van der Waals surface area contributed by atoms with Crippen molar-refractivity contribution in [3.8, 4) is 0 Å². The van der Waals surface area contributed by atoms with Gasteiger partial charge in [0.15, 0.2) is 0 Å². The highest BCUT2D eigenvalue weighted by molar-refractivity contribution is 4.99. The Morgan fingerprint density at radius 2 is 1.80 bits per heavy atom. The van der Waals surface area contributed by atoms with E-state index in [0.717, 1.165) is 17.9 Å². The first kappa shape index (κ1) is 10.1. The van der Waals surface area contributed by atoms with Gasteiger partial charge >= 0.3 is 0 Å². The van der Waals surface area contributed by atoms with Crippen LogP contribution in [0.5, 0.6) is 0 Å². The van der Waals surface area contributed by atoms with Gasteiger partial charge in [0.05, 0.1) is 0 Å². The standard InChI is InChI=1S/C13H24N2/c1-13(2)5-3-4-12(13)15-8-10-6-14-7-11(10)9-15/h10-12,14H,3-9H2,1-2H3. The predicted molar refractivity (Wildman–Crippen MR) is 62.8 cm³/mol. The number of fused-ring (bicyclic) bond motifs is 1. The second-order valence-electron chi connectivity index (χ2n) is 6.53. The topological polar surface area (TPSA) is 15.3 Å². The lowest BCUT2D eigenvalue weighted by Crippen LogP contribution is -2.41. The van der Waals surface area contributed by atoms with E-state index in [2.05, 4.69) is 24.1 Å². The molecule has 2 saturated heterocycles. The van der Waals surface area contributed by atoms with E-state index in [-0.39, 0.29) is 0 Å². The summed E-state index contributed by atoms with van der Waals surface area (Å²) in [5.74, 6) is 1.92. The monoisotopic (exact) mass is 208 g/mol. The van der Waals surface area contributed by atoms with Gasteiger partial charge in [-0.15, -0.1) is 0 Å². The van der Waals surface area contributed by atoms with Crippen molar-refractivity contribution >= 4 is 0 Å². The van der Waals surface area contributed by atoms with Crippen molar-refractivity contribution in [3.63, 3.8) is 0 Å². The number of hydrogen-bond acceptors (Lipinski definition) is 2. The molecule has 15 heavy (non-hydrogen) atoms. The number of likely N-dealkylation sites (tertiary alicyclic amines) is 1. The summed E-state index contributed by atoms with van der Waals surface area (Å²) in [6.07, 6.45) is 4.32. The summed E-state index contributed by atoms with van der Waals surface area (Å²) >= 11 is 0. The average molecular weight is 208 g/mol. The van der Waals surface area contributed by atoms with Crippen molar-refractivity contribution < 1.29 is 0 Å². The first-order valence-electron chi connectivity index (χ1n) is 6.61. The number of nitrogens with one attached hydrogen (secondary N) is 1. The lowest BCUT2D eigenvalue weighted by Gasteiger charge is -2.35. The van der Waals surface area contributed by atoms with Crippen molar-refractivity contribution in [2.45, 2.75) is 39.2 Å². The molecule has 3 fully saturated rings. The lowest BCUT2D eigenvalue weighted by atomic mass is 9.86. The molecule has 3 atom stereocenters. The fourth-order valence-corrected chi connectivity index (χ4v) is 4.13. The number of hydrogen-bond donors (Lipinski definition) is 1. The van der Waals surface area contributed by atoms with Crippen molar-refractivity contribution in [2.24, 2.45) is 17.3 Å². The van der Waals surface area contributed by atoms with Crippen LogP contribution in [0.3, 0.4) is 0 Å². The minimum atomic E-state index is 0.575. The van der Waals surface area contributed by atoms with Gasteiger partial charge in [-0.1, -0.05) is 20.3 Å². The van der Waals surface area contributed by atoms with E-state index in [1.807, 2.05) is 0 Å². The third kappa shape index (κ3) is 1.62. The Labute approximate surface area is 93.4 Å². The number of rotatable bonds is 1. The van der Waals surface area contributed by atoms with Crippen LogP contribution in [-0.4, -0.2) is 37.1 Å². The Balaban J connectivity index is 1.69. The first-order chi connectivity index (χ1) is 7.17. The van der Waals surface area contributed by atoms with Crippen LogP contribution in [-0.2, 0) is 0 Å². The minimum Gasteiger partial charge on any atom is -0.316 e. The Morgan fingerprint density at radius 1 is 1.13 bits per heavy atom. The van der Waals surface area contributed by atoms with Gasteiger partial charge in [-0.3, -0.25) is 4.90 Å². The third-order valence-corrected chi connectivity index (χ3v) is 5.06. The molecule has 2 heteroatoms. The lowest BCUT2D eigenvalue weighted by molar-refractivity contribution is 0.131. The van der Waals surface area contributed by atoms with Crippen molar-refractivity contribution in [1.82, 2.24) is 10.2 Å². The molecule has 1 aliphatic carbocycles. The molecule has 0 spiro atoms. The molecule has 0 aromatic heterocycles. The molecule has 3 rings (SSSR count). The molecule has 1 N–H and O–H groups in total. The van der Waals surface area contributed by atoms with Crippen LogP contribution in [0.25, 0.3) is 0 Å². The van der Waals surface area contributed by atoms with Gasteiger partial charge in [-0.05, 0) is 43.2 Å². The molecule has 3 aliphatic rings. The summed E-state index contributed by atoms with van der Waals surface area (Å²) in [7, 11) is 0. The SMILES string of the molecule is CC1(C)CCCC1N1CC2CNCC2C1. The third-order valence-electron chi connectivity index (χ3n) is 5.06. The molecule has 0 amide bonds. The smallest absolute Gasteiger partial charge is 0.0147 e. The summed E-state index contributed by atoms with van der Waals surface area (Å²) in [4.78, 5) is 2.81. The van der Waals surface area contributed by atoms with Crippen LogP contribution in [0.15, 0.2) is 0 Å². The van der Waals surface area contributed by atoms with Gasteiger partial charge in [0.2, 0.25) is 0 Å². The maximum absolute atomic E-state index is 3.53. The van der Waals surface area contributed by atoms with Crippen molar-refractivity contribution in [3.05, 3.63) is 0 Å². The van der Waals surface area contributed by atoms with Crippen LogP contribution in [0.1, 0.15) is 33.1 Å².